The highest BCUT2D eigenvalue weighted by Crippen LogP contribution is 2.28. The van der Waals surface area contributed by atoms with Crippen molar-refractivity contribution in [1.29, 1.82) is 0 Å². The third-order valence-electron chi connectivity index (χ3n) is 3.76. The molecular weight excluding hydrogens is 427 g/mol. The smallest absolute Gasteiger partial charge is 0.241 e. The molecule has 1 amide bonds. The van der Waals surface area contributed by atoms with Crippen LogP contribution in [0.1, 0.15) is 5.56 Å². The van der Waals surface area contributed by atoms with E-state index in [2.05, 4.69) is 5.32 Å². The number of methoxy groups -OCH3 is 2. The summed E-state index contributed by atoms with van der Waals surface area (Å²) in [5.74, 6) is 0.607. The van der Waals surface area contributed by atoms with E-state index < -0.39 is 22.5 Å². The lowest BCUT2D eigenvalue weighted by Crippen LogP contribution is -2.40. The minimum atomic E-state index is -3.73. The molecule has 0 atom stereocenters. The molecule has 10 heteroatoms. The molecule has 2 rings (SSSR count). The molecule has 28 heavy (non-hydrogen) atoms. The van der Waals surface area contributed by atoms with E-state index in [1.54, 1.807) is 18.2 Å². The zero-order chi connectivity index (χ0) is 20.9. The average molecular weight is 447 g/mol. The molecule has 7 nitrogen and oxygen atoms in total. The number of hydrogen-bond donors (Lipinski definition) is 1. The lowest BCUT2D eigenvalue weighted by molar-refractivity contribution is -0.119. The van der Waals surface area contributed by atoms with Gasteiger partial charge in [-0.1, -0.05) is 29.3 Å². The molecule has 0 saturated carbocycles. The number of carbonyl (C=O) groups excluding carboxylic acids is 1. The molecule has 2 aromatic carbocycles. The predicted molar refractivity (Wildman–Crippen MR) is 110 cm³/mol. The molecule has 0 bridgehead atoms. The van der Waals surface area contributed by atoms with Crippen molar-refractivity contribution in [3.05, 3.63) is 52.0 Å². The Hall–Kier alpha value is -2.16. The Labute approximate surface area is 174 Å². The van der Waals surface area contributed by atoms with E-state index in [-0.39, 0.29) is 22.3 Å². The maximum absolute atomic E-state index is 12.4. The summed E-state index contributed by atoms with van der Waals surface area (Å²) < 4.78 is 35.6. The minimum Gasteiger partial charge on any atom is -0.493 e. The molecule has 0 saturated heterocycles. The average Bonchev–Trinajstić information content (AvgIpc) is 2.62. The Morgan fingerprint density at radius 1 is 1.04 bits per heavy atom. The Morgan fingerprint density at radius 2 is 1.64 bits per heavy atom. The Morgan fingerprint density at radius 3 is 2.18 bits per heavy atom. The van der Waals surface area contributed by atoms with Crippen LogP contribution in [0.25, 0.3) is 0 Å². The van der Waals surface area contributed by atoms with Crippen LogP contribution < -0.4 is 19.1 Å². The molecule has 0 aliphatic carbocycles. The first-order chi connectivity index (χ1) is 13.1. The summed E-state index contributed by atoms with van der Waals surface area (Å²) in [6.45, 7) is -0.226. The van der Waals surface area contributed by atoms with Crippen molar-refractivity contribution < 1.29 is 22.7 Å². The summed E-state index contributed by atoms with van der Waals surface area (Å²) in [5, 5.41) is 3.21. The van der Waals surface area contributed by atoms with Crippen molar-refractivity contribution in [2.24, 2.45) is 0 Å². The fraction of sp³-hybridized carbons (Fsp3) is 0.278. The molecule has 152 valence electrons. The standard InChI is InChI=1S/C18H20Cl2N2O5S/c1-26-16-5-4-12(6-17(16)27-2)10-21-18(23)11-22(28(3,24)25)15-8-13(19)7-14(20)9-15/h4-9H,10-11H2,1-3H3,(H,21,23). The van der Waals surface area contributed by atoms with E-state index in [9.17, 15) is 13.2 Å². The number of sulfonamides is 1. The van der Waals surface area contributed by atoms with Crippen LogP contribution in [0.5, 0.6) is 11.5 Å². The number of halogens is 2. The topological polar surface area (TPSA) is 84.9 Å². The number of anilines is 1. The highest BCUT2D eigenvalue weighted by Gasteiger charge is 2.21. The fourth-order valence-electron chi connectivity index (χ4n) is 2.46. The van der Waals surface area contributed by atoms with Crippen molar-refractivity contribution in [1.82, 2.24) is 5.32 Å². The van der Waals surface area contributed by atoms with Gasteiger partial charge in [0.05, 0.1) is 26.2 Å². The third kappa shape index (κ3) is 5.92. The molecule has 0 fully saturated rings. The van der Waals surface area contributed by atoms with Crippen LogP contribution in [-0.2, 0) is 21.4 Å². The number of nitrogens with zero attached hydrogens (tertiary/aromatic N) is 1. The van der Waals surface area contributed by atoms with E-state index in [1.165, 1.54) is 32.4 Å². The van der Waals surface area contributed by atoms with Gasteiger partial charge in [0.2, 0.25) is 15.9 Å². The second kappa shape index (κ2) is 9.36. The van der Waals surface area contributed by atoms with Gasteiger partial charge in [-0.25, -0.2) is 8.42 Å². The van der Waals surface area contributed by atoms with Gasteiger partial charge in [0, 0.05) is 16.6 Å². The number of amides is 1. The Kier molecular flexibility index (Phi) is 7.40. The second-order valence-electron chi connectivity index (χ2n) is 5.86. The highest BCUT2D eigenvalue weighted by molar-refractivity contribution is 7.92. The van der Waals surface area contributed by atoms with Crippen molar-refractivity contribution in [2.45, 2.75) is 6.54 Å². The van der Waals surface area contributed by atoms with Crippen LogP contribution in [0.3, 0.4) is 0 Å². The summed E-state index contributed by atoms with van der Waals surface area (Å²) in [5.41, 5.74) is 0.976. The van der Waals surface area contributed by atoms with Crippen molar-refractivity contribution in [3.63, 3.8) is 0 Å². The van der Waals surface area contributed by atoms with Gasteiger partial charge in [-0.2, -0.15) is 0 Å². The van der Waals surface area contributed by atoms with Gasteiger partial charge in [0.15, 0.2) is 11.5 Å². The summed E-state index contributed by atoms with van der Waals surface area (Å²) >= 11 is 11.9. The van der Waals surface area contributed by atoms with Crippen LogP contribution >= 0.6 is 23.2 Å². The monoisotopic (exact) mass is 446 g/mol. The first-order valence-corrected chi connectivity index (χ1v) is 10.7. The first-order valence-electron chi connectivity index (χ1n) is 8.05. The van der Waals surface area contributed by atoms with Gasteiger partial charge in [-0.3, -0.25) is 9.10 Å². The van der Waals surface area contributed by atoms with Gasteiger partial charge in [0.25, 0.3) is 0 Å². The van der Waals surface area contributed by atoms with Crippen LogP contribution in [-0.4, -0.2) is 41.3 Å². The summed E-state index contributed by atoms with van der Waals surface area (Å²) in [6, 6.07) is 9.55. The molecule has 0 spiro atoms. The Balaban J connectivity index is 2.12. The molecule has 1 N–H and O–H groups in total. The largest absolute Gasteiger partial charge is 0.493 e. The number of nitrogens with one attached hydrogen (secondary N) is 1. The van der Waals surface area contributed by atoms with E-state index in [0.29, 0.717) is 11.5 Å². The van der Waals surface area contributed by atoms with Crippen LogP contribution in [0.2, 0.25) is 10.0 Å². The molecule has 0 aliphatic heterocycles. The lowest BCUT2D eigenvalue weighted by atomic mass is 10.2. The third-order valence-corrected chi connectivity index (χ3v) is 5.34. The van der Waals surface area contributed by atoms with Gasteiger partial charge in [-0.05, 0) is 35.9 Å². The second-order valence-corrected chi connectivity index (χ2v) is 8.64. The van der Waals surface area contributed by atoms with E-state index in [1.807, 2.05) is 0 Å². The normalized spacial score (nSPS) is 11.0. The van der Waals surface area contributed by atoms with E-state index >= 15 is 0 Å². The van der Waals surface area contributed by atoms with E-state index in [4.69, 9.17) is 32.7 Å². The molecule has 0 heterocycles. The zero-order valence-electron chi connectivity index (χ0n) is 15.5. The van der Waals surface area contributed by atoms with Crippen LogP contribution in [0.15, 0.2) is 36.4 Å². The zero-order valence-corrected chi connectivity index (χ0v) is 17.9. The predicted octanol–water partition coefficient (Wildman–Crippen LogP) is 3.09. The van der Waals surface area contributed by atoms with Crippen molar-refractivity contribution in [2.75, 3.05) is 31.3 Å². The maximum atomic E-state index is 12.4. The summed E-state index contributed by atoms with van der Waals surface area (Å²) in [6.07, 6.45) is 1.00. The molecular formula is C18H20Cl2N2O5S. The Bertz CT molecular complexity index is 946. The highest BCUT2D eigenvalue weighted by atomic mass is 35.5. The van der Waals surface area contributed by atoms with Gasteiger partial charge in [-0.15, -0.1) is 0 Å². The number of rotatable bonds is 8. The number of benzene rings is 2. The molecule has 0 aromatic heterocycles. The molecule has 0 radical (unpaired) electrons. The van der Waals surface area contributed by atoms with Crippen molar-refractivity contribution in [3.8, 4) is 11.5 Å². The fourth-order valence-corrected chi connectivity index (χ4v) is 3.82. The quantitative estimate of drug-likeness (QED) is 0.673. The van der Waals surface area contributed by atoms with Crippen LogP contribution in [0, 0.1) is 0 Å². The van der Waals surface area contributed by atoms with Crippen molar-refractivity contribution >= 4 is 44.8 Å². The van der Waals surface area contributed by atoms with Gasteiger partial charge >= 0.3 is 0 Å². The summed E-state index contributed by atoms with van der Waals surface area (Å²) in [7, 11) is -0.687. The maximum Gasteiger partial charge on any atom is 0.241 e. The first kappa shape index (κ1) is 22.1. The number of ether oxygens (including phenoxy) is 2. The summed E-state index contributed by atoms with van der Waals surface area (Å²) in [4.78, 5) is 12.4. The minimum absolute atomic E-state index is 0.188. The number of carbonyl (C=O) groups is 1. The number of hydrogen-bond acceptors (Lipinski definition) is 5. The van der Waals surface area contributed by atoms with E-state index in [0.717, 1.165) is 16.1 Å². The van der Waals surface area contributed by atoms with Gasteiger partial charge < -0.3 is 14.8 Å². The molecule has 0 unspecified atom stereocenters. The van der Waals surface area contributed by atoms with Gasteiger partial charge in [0.1, 0.15) is 6.54 Å². The SMILES string of the molecule is COc1ccc(CNC(=O)CN(c2cc(Cl)cc(Cl)c2)S(C)(=O)=O)cc1OC. The molecule has 0 aliphatic rings. The lowest BCUT2D eigenvalue weighted by Gasteiger charge is -2.22. The molecule has 2 aromatic rings. The van der Waals surface area contributed by atoms with Crippen LogP contribution in [0.4, 0.5) is 5.69 Å².